The first-order valence-electron chi connectivity index (χ1n) is 9.19. The topological polar surface area (TPSA) is 92.3 Å². The zero-order valence-electron chi connectivity index (χ0n) is 15.8. The number of nitrogens with zero attached hydrogens (tertiary/aromatic N) is 1. The lowest BCUT2D eigenvalue weighted by molar-refractivity contribution is -0.147. The summed E-state index contributed by atoms with van der Waals surface area (Å²) in [7, 11) is 0. The minimum atomic E-state index is -0.470. The summed E-state index contributed by atoms with van der Waals surface area (Å²) in [5, 5.41) is 11.3. The Labute approximate surface area is 168 Å². The van der Waals surface area contributed by atoms with Gasteiger partial charge in [0.15, 0.2) is 6.61 Å². The van der Waals surface area contributed by atoms with E-state index < -0.39 is 11.9 Å². The van der Waals surface area contributed by atoms with Crippen molar-refractivity contribution >= 4 is 17.6 Å². The fourth-order valence-corrected chi connectivity index (χ4v) is 2.71. The van der Waals surface area contributed by atoms with Gasteiger partial charge in [0.1, 0.15) is 11.5 Å². The second-order valence-corrected chi connectivity index (χ2v) is 6.37. The van der Waals surface area contributed by atoms with Crippen LogP contribution in [0, 0.1) is 11.3 Å². The number of anilines is 1. The second kappa shape index (κ2) is 9.90. The van der Waals surface area contributed by atoms with Gasteiger partial charge in [0, 0.05) is 17.7 Å². The summed E-state index contributed by atoms with van der Waals surface area (Å²) in [6.45, 7) is -0.355. The molecule has 1 heterocycles. The van der Waals surface area contributed by atoms with Crippen molar-refractivity contribution in [1.82, 2.24) is 0 Å². The van der Waals surface area contributed by atoms with Crippen molar-refractivity contribution < 1.29 is 18.7 Å². The number of carbonyl (C=O) groups excluding carboxylic acids is 2. The van der Waals surface area contributed by atoms with Gasteiger partial charge in [0.25, 0.3) is 5.91 Å². The molecule has 6 heteroatoms. The van der Waals surface area contributed by atoms with E-state index in [2.05, 4.69) is 11.4 Å². The van der Waals surface area contributed by atoms with Crippen LogP contribution in [0.2, 0.25) is 0 Å². The van der Waals surface area contributed by atoms with Crippen LogP contribution in [0.3, 0.4) is 0 Å². The summed E-state index contributed by atoms with van der Waals surface area (Å²) in [6.07, 6.45) is 0.833. The lowest BCUT2D eigenvalue weighted by atomic mass is 10.1. The predicted molar refractivity (Wildman–Crippen MR) is 108 cm³/mol. The van der Waals surface area contributed by atoms with E-state index in [-0.39, 0.29) is 13.0 Å². The number of esters is 1. The number of furan rings is 1. The minimum absolute atomic E-state index is 0.123. The van der Waals surface area contributed by atoms with Crippen LogP contribution in [-0.4, -0.2) is 18.5 Å². The molecule has 0 unspecified atom stereocenters. The van der Waals surface area contributed by atoms with E-state index in [0.717, 1.165) is 16.9 Å². The zero-order valence-corrected chi connectivity index (χ0v) is 15.8. The summed E-state index contributed by atoms with van der Waals surface area (Å²) in [5.41, 5.74) is 2.42. The van der Waals surface area contributed by atoms with Gasteiger partial charge in [-0.05, 0) is 29.8 Å². The van der Waals surface area contributed by atoms with Crippen molar-refractivity contribution in [2.24, 2.45) is 0 Å². The smallest absolute Gasteiger partial charge is 0.306 e. The highest BCUT2D eigenvalue weighted by molar-refractivity contribution is 5.92. The van der Waals surface area contributed by atoms with E-state index in [9.17, 15) is 9.59 Å². The van der Waals surface area contributed by atoms with Gasteiger partial charge >= 0.3 is 5.97 Å². The standard InChI is InChI=1S/C23H20N2O4/c24-15-14-17-6-8-19(9-7-17)25-22(26)16-28-23(27)13-11-20-10-12-21(29-20)18-4-2-1-3-5-18/h1-10,12H,11,13-14,16H2,(H,25,26). The molecule has 1 amide bonds. The van der Waals surface area contributed by atoms with Gasteiger partial charge in [0.05, 0.1) is 18.9 Å². The molecule has 6 nitrogen and oxygen atoms in total. The average molecular weight is 388 g/mol. The van der Waals surface area contributed by atoms with Crippen molar-refractivity contribution in [1.29, 1.82) is 5.26 Å². The number of hydrogen-bond donors (Lipinski definition) is 1. The third-order valence-electron chi connectivity index (χ3n) is 4.18. The van der Waals surface area contributed by atoms with E-state index in [4.69, 9.17) is 14.4 Å². The number of ether oxygens (including phenoxy) is 1. The van der Waals surface area contributed by atoms with Crippen LogP contribution in [0.15, 0.2) is 71.1 Å². The second-order valence-electron chi connectivity index (χ2n) is 6.37. The number of nitrogens with one attached hydrogen (secondary N) is 1. The highest BCUT2D eigenvalue weighted by Crippen LogP contribution is 2.22. The van der Waals surface area contributed by atoms with Crippen LogP contribution >= 0.6 is 0 Å². The molecule has 0 atom stereocenters. The van der Waals surface area contributed by atoms with E-state index in [1.807, 2.05) is 42.5 Å². The van der Waals surface area contributed by atoms with Crippen molar-refractivity contribution in [3.8, 4) is 17.4 Å². The summed E-state index contributed by atoms with van der Waals surface area (Å²) in [5.74, 6) is 0.537. The first-order valence-corrected chi connectivity index (χ1v) is 9.19. The predicted octanol–water partition coefficient (Wildman–Crippen LogP) is 4.13. The Morgan fingerprint density at radius 3 is 2.48 bits per heavy atom. The molecule has 0 bridgehead atoms. The van der Waals surface area contributed by atoms with E-state index in [1.165, 1.54) is 0 Å². The monoisotopic (exact) mass is 388 g/mol. The molecule has 0 aliphatic heterocycles. The maximum absolute atomic E-state index is 11.9. The molecule has 0 aliphatic carbocycles. The molecule has 0 saturated carbocycles. The fraction of sp³-hybridized carbons (Fsp3) is 0.174. The van der Waals surface area contributed by atoms with Crippen molar-refractivity contribution in [3.63, 3.8) is 0 Å². The highest BCUT2D eigenvalue weighted by Gasteiger charge is 2.11. The molecule has 0 fully saturated rings. The van der Waals surface area contributed by atoms with Crippen LogP contribution in [0.1, 0.15) is 17.7 Å². The van der Waals surface area contributed by atoms with Crippen LogP contribution in [0.4, 0.5) is 5.69 Å². The number of nitriles is 1. The largest absolute Gasteiger partial charge is 0.461 e. The number of benzene rings is 2. The van der Waals surface area contributed by atoms with Crippen molar-refractivity contribution in [2.45, 2.75) is 19.3 Å². The maximum atomic E-state index is 11.9. The SMILES string of the molecule is N#CCc1ccc(NC(=O)COC(=O)CCc2ccc(-c3ccccc3)o2)cc1. The quantitative estimate of drug-likeness (QED) is 0.586. The van der Waals surface area contributed by atoms with Crippen LogP contribution in [0.25, 0.3) is 11.3 Å². The first-order chi connectivity index (χ1) is 14.1. The number of amides is 1. The molecule has 29 heavy (non-hydrogen) atoms. The Morgan fingerprint density at radius 1 is 1.00 bits per heavy atom. The summed E-state index contributed by atoms with van der Waals surface area (Å²) in [4.78, 5) is 23.8. The van der Waals surface area contributed by atoms with E-state index in [1.54, 1.807) is 24.3 Å². The molecular weight excluding hydrogens is 368 g/mol. The van der Waals surface area contributed by atoms with Gasteiger partial charge in [-0.25, -0.2) is 0 Å². The van der Waals surface area contributed by atoms with Gasteiger partial charge in [-0.1, -0.05) is 42.5 Å². The lowest BCUT2D eigenvalue weighted by Gasteiger charge is -2.07. The van der Waals surface area contributed by atoms with Gasteiger partial charge in [-0.2, -0.15) is 5.26 Å². The van der Waals surface area contributed by atoms with E-state index >= 15 is 0 Å². The zero-order chi connectivity index (χ0) is 20.5. The Morgan fingerprint density at radius 2 is 1.76 bits per heavy atom. The third kappa shape index (κ3) is 6.08. The lowest BCUT2D eigenvalue weighted by Crippen LogP contribution is -2.21. The minimum Gasteiger partial charge on any atom is -0.461 e. The molecule has 3 aromatic rings. The molecule has 2 aromatic carbocycles. The number of hydrogen-bond acceptors (Lipinski definition) is 5. The summed E-state index contributed by atoms with van der Waals surface area (Å²) >= 11 is 0. The van der Waals surface area contributed by atoms with E-state index in [0.29, 0.717) is 24.3 Å². The van der Waals surface area contributed by atoms with Gasteiger partial charge < -0.3 is 14.5 Å². The molecule has 0 radical (unpaired) electrons. The molecule has 1 aromatic heterocycles. The van der Waals surface area contributed by atoms with Crippen molar-refractivity contribution in [2.75, 3.05) is 11.9 Å². The molecule has 1 N–H and O–H groups in total. The molecule has 0 spiro atoms. The maximum Gasteiger partial charge on any atom is 0.306 e. The Balaban J connectivity index is 1.40. The molecular formula is C23H20N2O4. The Hall–Kier alpha value is -3.85. The van der Waals surface area contributed by atoms with Gasteiger partial charge in [0.2, 0.25) is 0 Å². The fourth-order valence-electron chi connectivity index (χ4n) is 2.71. The molecule has 0 aliphatic rings. The van der Waals surface area contributed by atoms with Gasteiger partial charge in [-0.15, -0.1) is 0 Å². The Kier molecular flexibility index (Phi) is 6.80. The average Bonchev–Trinajstić information content (AvgIpc) is 3.22. The van der Waals surface area contributed by atoms with Crippen LogP contribution in [-0.2, 0) is 27.2 Å². The third-order valence-corrected chi connectivity index (χ3v) is 4.18. The Bertz CT molecular complexity index is 1000. The number of carbonyl (C=O) groups is 2. The summed E-state index contributed by atoms with van der Waals surface area (Å²) < 4.78 is 10.8. The highest BCUT2D eigenvalue weighted by atomic mass is 16.5. The van der Waals surface area contributed by atoms with Crippen LogP contribution < -0.4 is 5.32 Å². The molecule has 3 rings (SSSR count). The normalized spacial score (nSPS) is 10.2. The number of rotatable bonds is 8. The molecule has 146 valence electrons. The van der Waals surface area contributed by atoms with Crippen LogP contribution in [0.5, 0.6) is 0 Å². The van der Waals surface area contributed by atoms with Crippen molar-refractivity contribution in [3.05, 3.63) is 78.1 Å². The van der Waals surface area contributed by atoms with Gasteiger partial charge in [-0.3, -0.25) is 9.59 Å². The first kappa shape index (κ1) is 19.9. The molecule has 0 saturated heterocycles. The number of aryl methyl sites for hydroxylation is 1. The summed E-state index contributed by atoms with van der Waals surface area (Å²) in [6, 6.07) is 22.4.